The second-order valence-corrected chi connectivity index (χ2v) is 7.73. The van der Waals surface area contributed by atoms with Gasteiger partial charge in [-0.25, -0.2) is 5.48 Å². The summed E-state index contributed by atoms with van der Waals surface area (Å²) >= 11 is 0. The van der Waals surface area contributed by atoms with Crippen molar-refractivity contribution in [1.29, 1.82) is 0 Å². The van der Waals surface area contributed by atoms with Crippen molar-refractivity contribution >= 4 is 11.8 Å². The fourth-order valence-electron chi connectivity index (χ4n) is 4.94. The van der Waals surface area contributed by atoms with Crippen LogP contribution in [0.25, 0.3) is 0 Å². The van der Waals surface area contributed by atoms with Crippen molar-refractivity contribution in [3.05, 3.63) is 34.9 Å². The summed E-state index contributed by atoms with van der Waals surface area (Å²) in [5.74, 6) is -0.211. The lowest BCUT2D eigenvalue weighted by atomic mass is 9.74. The van der Waals surface area contributed by atoms with Gasteiger partial charge in [-0.1, -0.05) is 32.3 Å². The van der Waals surface area contributed by atoms with Crippen LogP contribution in [-0.2, 0) is 4.79 Å². The SMILES string of the molecule is CC1(C(=O)N2C3CCC2c2cc(C(=O)NO)ccc23)CCCCC1. The first kappa shape index (κ1) is 15.6. The van der Waals surface area contributed by atoms with Crippen molar-refractivity contribution in [3.63, 3.8) is 0 Å². The van der Waals surface area contributed by atoms with E-state index in [-0.39, 0.29) is 17.5 Å². The van der Waals surface area contributed by atoms with Gasteiger partial charge in [-0.15, -0.1) is 0 Å². The number of carbonyl (C=O) groups is 2. The van der Waals surface area contributed by atoms with E-state index in [1.807, 2.05) is 12.1 Å². The molecule has 5 heteroatoms. The van der Waals surface area contributed by atoms with Crippen molar-refractivity contribution in [1.82, 2.24) is 10.4 Å². The Labute approximate surface area is 142 Å². The van der Waals surface area contributed by atoms with Gasteiger partial charge in [0.2, 0.25) is 5.91 Å². The molecule has 1 aromatic rings. The van der Waals surface area contributed by atoms with E-state index >= 15 is 0 Å². The third-order valence-corrected chi connectivity index (χ3v) is 6.26. The molecule has 3 aliphatic rings. The van der Waals surface area contributed by atoms with E-state index in [4.69, 9.17) is 5.21 Å². The maximum Gasteiger partial charge on any atom is 0.274 e. The third kappa shape index (κ3) is 2.18. The number of fused-ring (bicyclic) bond motifs is 5. The Morgan fingerprint density at radius 2 is 1.79 bits per heavy atom. The number of nitrogens with zero attached hydrogens (tertiary/aromatic N) is 1. The van der Waals surface area contributed by atoms with Crippen LogP contribution in [0.5, 0.6) is 0 Å². The average Bonchev–Trinajstić information content (AvgIpc) is 3.17. The van der Waals surface area contributed by atoms with Gasteiger partial charge >= 0.3 is 0 Å². The number of nitrogens with one attached hydrogen (secondary N) is 1. The van der Waals surface area contributed by atoms with Crippen molar-refractivity contribution < 1.29 is 14.8 Å². The molecule has 2 aliphatic heterocycles. The Hall–Kier alpha value is -1.88. The van der Waals surface area contributed by atoms with Crippen LogP contribution in [0.3, 0.4) is 0 Å². The van der Waals surface area contributed by atoms with Crippen LogP contribution < -0.4 is 5.48 Å². The standard InChI is InChI=1S/C19H24N2O3/c1-19(9-3-2-4-10-19)18(23)21-15-7-8-16(21)14-11-12(17(22)20-24)5-6-13(14)15/h5-6,11,15-16,24H,2-4,7-10H2,1H3,(H,20,22). The summed E-state index contributed by atoms with van der Waals surface area (Å²) in [5, 5.41) is 8.85. The molecule has 1 aromatic carbocycles. The second-order valence-electron chi connectivity index (χ2n) is 7.73. The third-order valence-electron chi connectivity index (χ3n) is 6.26. The van der Waals surface area contributed by atoms with Gasteiger partial charge in [0.05, 0.1) is 12.1 Å². The summed E-state index contributed by atoms with van der Waals surface area (Å²) < 4.78 is 0. The van der Waals surface area contributed by atoms with Gasteiger partial charge in [-0.2, -0.15) is 0 Å². The smallest absolute Gasteiger partial charge is 0.274 e. The lowest BCUT2D eigenvalue weighted by Crippen LogP contribution is -2.42. The molecule has 2 fully saturated rings. The van der Waals surface area contributed by atoms with Crippen LogP contribution >= 0.6 is 0 Å². The van der Waals surface area contributed by atoms with E-state index in [0.717, 1.165) is 44.1 Å². The first-order chi connectivity index (χ1) is 11.5. The predicted octanol–water partition coefficient (Wildman–Crippen LogP) is 3.49. The fourth-order valence-corrected chi connectivity index (χ4v) is 4.94. The quantitative estimate of drug-likeness (QED) is 0.645. The maximum absolute atomic E-state index is 13.3. The average molecular weight is 328 g/mol. The summed E-state index contributed by atoms with van der Waals surface area (Å²) in [7, 11) is 0. The van der Waals surface area contributed by atoms with Crippen LogP contribution in [0.4, 0.5) is 0 Å². The molecule has 1 saturated heterocycles. The van der Waals surface area contributed by atoms with E-state index in [1.54, 1.807) is 11.5 Å². The number of hydrogen-bond acceptors (Lipinski definition) is 3. The normalized spacial score (nSPS) is 27.0. The van der Waals surface area contributed by atoms with Gasteiger partial charge in [0, 0.05) is 11.0 Å². The zero-order valence-corrected chi connectivity index (χ0v) is 14.0. The molecule has 2 unspecified atom stereocenters. The Balaban J connectivity index is 1.66. The number of benzene rings is 1. The highest BCUT2D eigenvalue weighted by Gasteiger charge is 2.50. The van der Waals surface area contributed by atoms with Crippen LogP contribution in [0.15, 0.2) is 18.2 Å². The molecule has 2 atom stereocenters. The minimum atomic E-state index is -0.502. The topological polar surface area (TPSA) is 69.6 Å². The predicted molar refractivity (Wildman–Crippen MR) is 88.4 cm³/mol. The van der Waals surface area contributed by atoms with E-state index < -0.39 is 5.91 Å². The molecule has 0 aromatic heterocycles. The fraction of sp³-hybridized carbons (Fsp3) is 0.579. The highest BCUT2D eigenvalue weighted by atomic mass is 16.5. The molecule has 2 amide bonds. The molecule has 5 nitrogen and oxygen atoms in total. The van der Waals surface area contributed by atoms with Crippen LogP contribution in [-0.4, -0.2) is 21.9 Å². The van der Waals surface area contributed by atoms with Crippen molar-refractivity contribution in [2.24, 2.45) is 5.41 Å². The van der Waals surface area contributed by atoms with Gasteiger partial charge in [0.25, 0.3) is 5.91 Å². The molecule has 0 spiro atoms. The van der Waals surface area contributed by atoms with Crippen LogP contribution in [0, 0.1) is 5.41 Å². The van der Waals surface area contributed by atoms with Crippen molar-refractivity contribution in [2.45, 2.75) is 64.0 Å². The van der Waals surface area contributed by atoms with E-state index in [2.05, 4.69) is 11.8 Å². The van der Waals surface area contributed by atoms with Crippen molar-refractivity contribution in [2.75, 3.05) is 0 Å². The summed E-state index contributed by atoms with van der Waals surface area (Å²) in [6.45, 7) is 2.13. The summed E-state index contributed by atoms with van der Waals surface area (Å²) in [6, 6.07) is 5.77. The van der Waals surface area contributed by atoms with E-state index in [9.17, 15) is 9.59 Å². The Morgan fingerprint density at radius 3 is 2.46 bits per heavy atom. The number of carbonyl (C=O) groups excluding carboxylic acids is 2. The molecule has 2 bridgehead atoms. The van der Waals surface area contributed by atoms with Crippen LogP contribution in [0.1, 0.15) is 85.4 Å². The molecule has 24 heavy (non-hydrogen) atoms. The molecule has 128 valence electrons. The first-order valence-corrected chi connectivity index (χ1v) is 8.96. The molecule has 4 rings (SSSR count). The summed E-state index contributed by atoms with van der Waals surface area (Å²) in [4.78, 5) is 27.1. The largest absolute Gasteiger partial charge is 0.328 e. The number of rotatable bonds is 2. The minimum absolute atomic E-state index is 0.0858. The molecular formula is C19H24N2O3. The molecule has 1 saturated carbocycles. The molecule has 2 N–H and O–H groups in total. The lowest BCUT2D eigenvalue weighted by Gasteiger charge is -2.37. The Bertz CT molecular complexity index is 694. The summed E-state index contributed by atoms with van der Waals surface area (Å²) in [6.07, 6.45) is 7.44. The number of amides is 2. The highest BCUT2D eigenvalue weighted by Crippen LogP contribution is 2.55. The second kappa shape index (κ2) is 5.59. The number of hydrogen-bond donors (Lipinski definition) is 2. The Kier molecular flexibility index (Phi) is 3.64. The zero-order chi connectivity index (χ0) is 16.9. The van der Waals surface area contributed by atoms with Crippen molar-refractivity contribution in [3.8, 4) is 0 Å². The number of hydroxylamine groups is 1. The molecular weight excluding hydrogens is 304 g/mol. The van der Waals surface area contributed by atoms with Gasteiger partial charge in [0.1, 0.15) is 0 Å². The van der Waals surface area contributed by atoms with Gasteiger partial charge in [-0.3, -0.25) is 14.8 Å². The highest BCUT2D eigenvalue weighted by molar-refractivity contribution is 5.94. The first-order valence-electron chi connectivity index (χ1n) is 8.96. The van der Waals surface area contributed by atoms with E-state index in [0.29, 0.717) is 11.5 Å². The minimum Gasteiger partial charge on any atom is -0.328 e. The maximum atomic E-state index is 13.3. The monoisotopic (exact) mass is 328 g/mol. The molecule has 0 radical (unpaired) electrons. The van der Waals surface area contributed by atoms with Gasteiger partial charge in [0.15, 0.2) is 0 Å². The Morgan fingerprint density at radius 1 is 1.12 bits per heavy atom. The molecule has 2 heterocycles. The summed E-state index contributed by atoms with van der Waals surface area (Å²) in [5.41, 5.74) is 4.16. The zero-order valence-electron chi connectivity index (χ0n) is 14.0. The lowest BCUT2D eigenvalue weighted by molar-refractivity contribution is -0.145. The van der Waals surface area contributed by atoms with Gasteiger partial charge < -0.3 is 4.90 Å². The van der Waals surface area contributed by atoms with Crippen LogP contribution in [0.2, 0.25) is 0 Å². The van der Waals surface area contributed by atoms with Gasteiger partial charge in [-0.05, 0) is 48.9 Å². The molecule has 1 aliphatic carbocycles. The van der Waals surface area contributed by atoms with E-state index in [1.165, 1.54) is 12.0 Å².